The normalized spacial score (nSPS) is 12.9. The number of carbonyl (C=O) groups is 2. The van der Waals surface area contributed by atoms with Gasteiger partial charge in [-0.25, -0.2) is 0 Å². The first-order valence-electron chi connectivity index (χ1n) is 33.4. The fraction of sp³-hybridized carbons (Fsp3) is 0.726. The molecule has 1 N–H and O–H groups in total. The van der Waals surface area contributed by atoms with Crippen molar-refractivity contribution >= 4 is 11.9 Å². The van der Waals surface area contributed by atoms with Crippen molar-refractivity contribution < 1.29 is 24.2 Å². The van der Waals surface area contributed by atoms with E-state index < -0.39 is 6.10 Å². The first kappa shape index (κ1) is 74.6. The molecular formula is C73H126O5. The number of allylic oxidation sites excluding steroid dienone is 18. The predicted octanol–water partition coefficient (Wildman–Crippen LogP) is 23.2. The molecule has 5 heteroatoms. The fourth-order valence-electron chi connectivity index (χ4n) is 9.57. The van der Waals surface area contributed by atoms with E-state index in [4.69, 9.17) is 9.47 Å². The highest BCUT2D eigenvalue weighted by molar-refractivity contribution is 5.70. The van der Waals surface area contributed by atoms with Crippen molar-refractivity contribution in [3.8, 4) is 0 Å². The molecule has 5 nitrogen and oxygen atoms in total. The van der Waals surface area contributed by atoms with Gasteiger partial charge in [-0.2, -0.15) is 0 Å². The molecule has 448 valence electrons. The van der Waals surface area contributed by atoms with Crippen LogP contribution in [0, 0.1) is 0 Å². The summed E-state index contributed by atoms with van der Waals surface area (Å²) >= 11 is 0. The third-order valence-electron chi connectivity index (χ3n) is 14.6. The van der Waals surface area contributed by atoms with Gasteiger partial charge in [-0.1, -0.05) is 316 Å². The van der Waals surface area contributed by atoms with E-state index in [2.05, 4.69) is 123 Å². The summed E-state index contributed by atoms with van der Waals surface area (Å²) in [6.07, 6.45) is 98.2. The van der Waals surface area contributed by atoms with E-state index in [-0.39, 0.29) is 25.2 Å². The van der Waals surface area contributed by atoms with Crippen LogP contribution < -0.4 is 0 Å². The Morgan fingerprint density at radius 2 is 0.551 bits per heavy atom. The number of hydrogen-bond acceptors (Lipinski definition) is 5. The lowest BCUT2D eigenvalue weighted by molar-refractivity contribution is -0.161. The fourth-order valence-corrected chi connectivity index (χ4v) is 9.57. The summed E-state index contributed by atoms with van der Waals surface area (Å²) in [5.41, 5.74) is 0. The maximum Gasteiger partial charge on any atom is 0.306 e. The number of esters is 2. The standard InChI is InChI=1S/C73H126O5/c1-3-5-7-9-11-13-15-17-19-21-23-25-27-29-31-33-34-35-36-37-38-40-41-43-45-47-49-51-53-55-57-59-61-63-65-67-72(75)77-70-71(69-74)78-73(76)68-66-64-62-60-58-56-54-52-50-48-46-44-42-39-32-30-28-26-24-22-20-18-16-14-12-10-8-6-4-2/h6,8,12,14,18,20-21,23-24,26,30,32,42,44,48,50,54,56,71,74H,3-5,7,9-11,13,15-17,19,22,25,27-29,31,33-41,43,45-47,49,51-53,55,57-70H2,1-2H3/b8-6-,14-12-,20-18-,23-21-,26-24-,32-30-,44-42-,50-48-,56-54-. The summed E-state index contributed by atoms with van der Waals surface area (Å²) in [4.78, 5) is 24.6. The van der Waals surface area contributed by atoms with Gasteiger partial charge in [0.05, 0.1) is 6.61 Å². The highest BCUT2D eigenvalue weighted by Gasteiger charge is 2.16. The highest BCUT2D eigenvalue weighted by atomic mass is 16.6. The molecule has 0 aliphatic heterocycles. The molecule has 0 amide bonds. The molecule has 0 aromatic rings. The van der Waals surface area contributed by atoms with Gasteiger partial charge in [0, 0.05) is 12.8 Å². The summed E-state index contributed by atoms with van der Waals surface area (Å²) < 4.78 is 10.7. The number of aliphatic hydroxyl groups is 1. The van der Waals surface area contributed by atoms with Gasteiger partial charge >= 0.3 is 11.9 Å². The SMILES string of the molecule is CC/C=C\C/C=C\C/C=C\C/C=C\C/C=C\C/C=C\C/C=C\C/C=C\CCCCCCC(=O)OC(CO)COC(=O)CCCCCCCCCCCCCCCCCCCCCCCCC/C=C\CCCCCCCCCC. The lowest BCUT2D eigenvalue weighted by Crippen LogP contribution is -2.28. The largest absolute Gasteiger partial charge is 0.462 e. The molecule has 0 aliphatic carbocycles. The molecule has 0 radical (unpaired) electrons. The minimum Gasteiger partial charge on any atom is -0.462 e. The third-order valence-corrected chi connectivity index (χ3v) is 14.6. The monoisotopic (exact) mass is 1080 g/mol. The van der Waals surface area contributed by atoms with Crippen LogP contribution in [-0.2, 0) is 19.1 Å². The summed E-state index contributed by atoms with van der Waals surface area (Å²) in [7, 11) is 0. The lowest BCUT2D eigenvalue weighted by Gasteiger charge is -2.15. The van der Waals surface area contributed by atoms with Gasteiger partial charge in [-0.15, -0.1) is 0 Å². The van der Waals surface area contributed by atoms with E-state index in [1.54, 1.807) is 0 Å². The molecule has 0 fully saturated rings. The minimum absolute atomic E-state index is 0.0797. The number of hydrogen-bond donors (Lipinski definition) is 1. The minimum atomic E-state index is -0.793. The average Bonchev–Trinajstić information content (AvgIpc) is 3.44. The molecule has 0 spiro atoms. The van der Waals surface area contributed by atoms with Gasteiger partial charge in [-0.05, 0) is 103 Å². The topological polar surface area (TPSA) is 72.8 Å². The van der Waals surface area contributed by atoms with Crippen LogP contribution in [0.5, 0.6) is 0 Å². The van der Waals surface area contributed by atoms with Crippen molar-refractivity contribution in [1.29, 1.82) is 0 Å². The van der Waals surface area contributed by atoms with Crippen LogP contribution in [0.1, 0.15) is 322 Å². The van der Waals surface area contributed by atoms with Gasteiger partial charge < -0.3 is 14.6 Å². The maximum absolute atomic E-state index is 12.3. The molecular weight excluding hydrogens is 957 g/mol. The zero-order valence-corrected chi connectivity index (χ0v) is 51.4. The molecule has 78 heavy (non-hydrogen) atoms. The van der Waals surface area contributed by atoms with E-state index in [0.717, 1.165) is 103 Å². The summed E-state index contributed by atoms with van der Waals surface area (Å²) in [5, 5.41) is 9.68. The summed E-state index contributed by atoms with van der Waals surface area (Å²) in [6.45, 7) is 4.03. The molecule has 0 bridgehead atoms. The Hall–Kier alpha value is -3.44. The Bertz CT molecular complexity index is 1510. The van der Waals surface area contributed by atoms with Crippen LogP contribution in [0.25, 0.3) is 0 Å². The van der Waals surface area contributed by atoms with Crippen LogP contribution in [-0.4, -0.2) is 36.4 Å². The van der Waals surface area contributed by atoms with E-state index in [1.807, 2.05) is 0 Å². The molecule has 0 rings (SSSR count). The second-order valence-corrected chi connectivity index (χ2v) is 22.2. The number of ether oxygens (including phenoxy) is 2. The lowest BCUT2D eigenvalue weighted by atomic mass is 10.0. The van der Waals surface area contributed by atoms with Gasteiger partial charge in [0.2, 0.25) is 0 Å². The molecule has 0 aliphatic rings. The Labute approximate surface area is 484 Å². The first-order chi connectivity index (χ1) is 38.6. The molecule has 1 unspecified atom stereocenters. The molecule has 1 atom stereocenters. The van der Waals surface area contributed by atoms with Crippen molar-refractivity contribution in [3.63, 3.8) is 0 Å². The van der Waals surface area contributed by atoms with Crippen molar-refractivity contribution in [3.05, 3.63) is 109 Å². The molecule has 0 aromatic heterocycles. The molecule has 0 heterocycles. The van der Waals surface area contributed by atoms with Crippen molar-refractivity contribution in [2.24, 2.45) is 0 Å². The van der Waals surface area contributed by atoms with E-state index in [9.17, 15) is 14.7 Å². The quantitative estimate of drug-likeness (QED) is 0.0373. The number of aliphatic hydroxyl groups excluding tert-OH is 1. The second kappa shape index (κ2) is 67.8. The summed E-state index contributed by atoms with van der Waals surface area (Å²) in [5.74, 6) is -0.614. The number of rotatable bonds is 61. The third kappa shape index (κ3) is 65.1. The number of carbonyl (C=O) groups excluding carboxylic acids is 2. The predicted molar refractivity (Wildman–Crippen MR) is 343 cm³/mol. The van der Waals surface area contributed by atoms with Crippen molar-refractivity contribution in [2.75, 3.05) is 13.2 Å². The maximum atomic E-state index is 12.3. The van der Waals surface area contributed by atoms with E-state index >= 15 is 0 Å². The van der Waals surface area contributed by atoms with Crippen LogP contribution in [0.15, 0.2) is 109 Å². The highest BCUT2D eigenvalue weighted by Crippen LogP contribution is 2.17. The first-order valence-corrected chi connectivity index (χ1v) is 33.4. The van der Waals surface area contributed by atoms with Crippen LogP contribution >= 0.6 is 0 Å². The van der Waals surface area contributed by atoms with Gasteiger partial charge in [0.1, 0.15) is 6.61 Å². The Morgan fingerprint density at radius 3 is 0.846 bits per heavy atom. The summed E-state index contributed by atoms with van der Waals surface area (Å²) in [6, 6.07) is 0. The number of unbranched alkanes of at least 4 members (excludes halogenated alkanes) is 35. The average molecular weight is 1080 g/mol. The second-order valence-electron chi connectivity index (χ2n) is 22.2. The van der Waals surface area contributed by atoms with Crippen molar-refractivity contribution in [1.82, 2.24) is 0 Å². The van der Waals surface area contributed by atoms with Gasteiger partial charge in [0.15, 0.2) is 6.10 Å². The smallest absolute Gasteiger partial charge is 0.306 e. The van der Waals surface area contributed by atoms with E-state index in [0.29, 0.717) is 12.8 Å². The van der Waals surface area contributed by atoms with Crippen molar-refractivity contribution in [2.45, 2.75) is 328 Å². The Kier molecular flexibility index (Phi) is 64.8. The van der Waals surface area contributed by atoms with E-state index in [1.165, 1.54) is 193 Å². The molecule has 0 saturated carbocycles. The Morgan fingerprint density at radius 1 is 0.308 bits per heavy atom. The van der Waals surface area contributed by atoms with Crippen LogP contribution in [0.2, 0.25) is 0 Å². The zero-order valence-electron chi connectivity index (χ0n) is 51.4. The zero-order chi connectivity index (χ0) is 56.2. The van der Waals surface area contributed by atoms with Crippen LogP contribution in [0.4, 0.5) is 0 Å². The van der Waals surface area contributed by atoms with Gasteiger partial charge in [0.25, 0.3) is 0 Å². The Balaban J connectivity index is 3.50. The molecule has 0 saturated heterocycles. The molecule has 0 aromatic carbocycles. The van der Waals surface area contributed by atoms with Gasteiger partial charge in [-0.3, -0.25) is 9.59 Å². The van der Waals surface area contributed by atoms with Crippen LogP contribution in [0.3, 0.4) is 0 Å².